The lowest BCUT2D eigenvalue weighted by Gasteiger charge is -2.06. The lowest BCUT2D eigenvalue weighted by Crippen LogP contribution is -1.95. The highest BCUT2D eigenvalue weighted by Crippen LogP contribution is 2.24. The van der Waals surface area contributed by atoms with E-state index in [2.05, 4.69) is 6.07 Å². The van der Waals surface area contributed by atoms with E-state index in [0.29, 0.717) is 10.6 Å². The molecule has 0 bridgehead atoms. The quantitative estimate of drug-likeness (QED) is 0.711. The SMILES string of the molecule is CC(=O)c1ccccc1-c1[c]cc(Cl)cc1. The predicted octanol–water partition coefficient (Wildman–Crippen LogP) is 4.01. The molecule has 1 radical (unpaired) electrons. The highest BCUT2D eigenvalue weighted by molar-refractivity contribution is 6.30. The van der Waals surface area contributed by atoms with Gasteiger partial charge < -0.3 is 0 Å². The molecule has 0 unspecified atom stereocenters. The summed E-state index contributed by atoms with van der Waals surface area (Å²) in [6, 6.07) is 15.9. The minimum absolute atomic E-state index is 0.0546. The molecule has 0 saturated heterocycles. The summed E-state index contributed by atoms with van der Waals surface area (Å²) in [5.41, 5.74) is 2.49. The molecular formula is C14H10ClO. The summed E-state index contributed by atoms with van der Waals surface area (Å²) in [7, 11) is 0. The highest BCUT2D eigenvalue weighted by atomic mass is 35.5. The Kier molecular flexibility index (Phi) is 3.07. The average Bonchev–Trinajstić information content (AvgIpc) is 2.30. The molecule has 2 aromatic carbocycles. The number of Topliss-reactive ketones (excluding diaryl/α,β-unsaturated/α-hetero) is 1. The number of hydrogen-bond donors (Lipinski definition) is 0. The molecule has 79 valence electrons. The standard InChI is InChI=1S/C14H10ClO/c1-10(16)13-4-2-3-5-14(13)11-6-8-12(15)9-7-11/h2-6,8-9H,1H3. The molecule has 0 spiro atoms. The summed E-state index contributed by atoms with van der Waals surface area (Å²) in [5, 5.41) is 0.643. The Labute approximate surface area is 99.7 Å². The van der Waals surface area contributed by atoms with Gasteiger partial charge in [-0.2, -0.15) is 0 Å². The van der Waals surface area contributed by atoms with Crippen molar-refractivity contribution in [2.75, 3.05) is 0 Å². The van der Waals surface area contributed by atoms with E-state index < -0.39 is 0 Å². The molecule has 0 heterocycles. The van der Waals surface area contributed by atoms with Gasteiger partial charge in [0.05, 0.1) is 0 Å². The molecule has 0 N–H and O–H groups in total. The van der Waals surface area contributed by atoms with Crippen molar-refractivity contribution in [1.29, 1.82) is 0 Å². The van der Waals surface area contributed by atoms with E-state index in [0.717, 1.165) is 11.1 Å². The summed E-state index contributed by atoms with van der Waals surface area (Å²) in [6.45, 7) is 1.56. The van der Waals surface area contributed by atoms with Gasteiger partial charge in [0.1, 0.15) is 0 Å². The highest BCUT2D eigenvalue weighted by Gasteiger charge is 2.07. The topological polar surface area (TPSA) is 17.1 Å². The second-order valence-corrected chi connectivity index (χ2v) is 3.96. The summed E-state index contributed by atoms with van der Waals surface area (Å²) in [5.74, 6) is 0.0546. The van der Waals surface area contributed by atoms with Crippen LogP contribution in [0.5, 0.6) is 0 Å². The van der Waals surface area contributed by atoms with Gasteiger partial charge in [0.2, 0.25) is 0 Å². The molecule has 0 amide bonds. The van der Waals surface area contributed by atoms with Crippen molar-refractivity contribution in [2.24, 2.45) is 0 Å². The largest absolute Gasteiger partial charge is 0.294 e. The van der Waals surface area contributed by atoms with Gasteiger partial charge in [0.15, 0.2) is 5.78 Å². The van der Waals surface area contributed by atoms with Crippen molar-refractivity contribution >= 4 is 17.4 Å². The lowest BCUT2D eigenvalue weighted by atomic mass is 9.98. The van der Waals surface area contributed by atoms with Gasteiger partial charge >= 0.3 is 0 Å². The van der Waals surface area contributed by atoms with Crippen LogP contribution in [0.1, 0.15) is 17.3 Å². The van der Waals surface area contributed by atoms with Gasteiger partial charge in [-0.25, -0.2) is 0 Å². The molecule has 0 aliphatic carbocycles. The molecule has 0 atom stereocenters. The number of hydrogen-bond acceptors (Lipinski definition) is 1. The molecule has 2 aromatic rings. The van der Waals surface area contributed by atoms with Crippen LogP contribution in [0.15, 0.2) is 42.5 Å². The molecule has 0 fully saturated rings. The number of carbonyl (C=O) groups excluding carboxylic acids is 1. The van der Waals surface area contributed by atoms with Crippen LogP contribution >= 0.6 is 11.6 Å². The lowest BCUT2D eigenvalue weighted by molar-refractivity contribution is 0.101. The van der Waals surface area contributed by atoms with E-state index in [1.54, 1.807) is 19.1 Å². The zero-order valence-electron chi connectivity index (χ0n) is 8.83. The predicted molar refractivity (Wildman–Crippen MR) is 65.7 cm³/mol. The average molecular weight is 230 g/mol. The maximum atomic E-state index is 11.5. The van der Waals surface area contributed by atoms with Gasteiger partial charge in [-0.1, -0.05) is 41.9 Å². The monoisotopic (exact) mass is 229 g/mol. The Morgan fingerprint density at radius 2 is 1.94 bits per heavy atom. The first-order valence-electron chi connectivity index (χ1n) is 4.96. The van der Waals surface area contributed by atoms with Crippen molar-refractivity contribution in [1.82, 2.24) is 0 Å². The van der Waals surface area contributed by atoms with Gasteiger partial charge in [0.25, 0.3) is 0 Å². The summed E-state index contributed by atoms with van der Waals surface area (Å²) >= 11 is 5.80. The van der Waals surface area contributed by atoms with Crippen molar-refractivity contribution in [3.63, 3.8) is 0 Å². The van der Waals surface area contributed by atoms with Crippen LogP contribution in [-0.2, 0) is 0 Å². The van der Waals surface area contributed by atoms with Crippen LogP contribution in [0.25, 0.3) is 11.1 Å². The van der Waals surface area contributed by atoms with E-state index >= 15 is 0 Å². The second-order valence-electron chi connectivity index (χ2n) is 3.52. The third kappa shape index (κ3) is 2.15. The fourth-order valence-corrected chi connectivity index (χ4v) is 1.72. The number of rotatable bonds is 2. The number of halogens is 1. The number of benzene rings is 2. The maximum Gasteiger partial charge on any atom is 0.160 e. The molecule has 16 heavy (non-hydrogen) atoms. The first-order chi connectivity index (χ1) is 7.68. The molecule has 1 nitrogen and oxygen atoms in total. The van der Waals surface area contributed by atoms with Gasteiger partial charge in [-0.05, 0) is 36.2 Å². The molecular weight excluding hydrogens is 220 g/mol. The van der Waals surface area contributed by atoms with E-state index in [1.807, 2.05) is 30.3 Å². The van der Waals surface area contributed by atoms with Crippen LogP contribution in [0.2, 0.25) is 5.02 Å². The second kappa shape index (κ2) is 4.50. The van der Waals surface area contributed by atoms with Crippen LogP contribution in [0.4, 0.5) is 0 Å². The van der Waals surface area contributed by atoms with Crippen molar-refractivity contribution in [3.8, 4) is 11.1 Å². The van der Waals surface area contributed by atoms with Gasteiger partial charge in [-0.15, -0.1) is 0 Å². The molecule has 0 aliphatic rings. The fourth-order valence-electron chi connectivity index (χ4n) is 1.60. The van der Waals surface area contributed by atoms with Crippen molar-refractivity contribution in [2.45, 2.75) is 6.92 Å². The summed E-state index contributed by atoms with van der Waals surface area (Å²) in [6.07, 6.45) is 0. The zero-order chi connectivity index (χ0) is 11.5. The molecule has 2 heteroatoms. The van der Waals surface area contributed by atoms with E-state index in [-0.39, 0.29) is 5.78 Å². The maximum absolute atomic E-state index is 11.5. The first kappa shape index (κ1) is 10.9. The Morgan fingerprint density at radius 1 is 1.19 bits per heavy atom. The molecule has 2 rings (SSSR count). The Bertz CT molecular complexity index is 515. The Balaban J connectivity index is 2.55. The summed E-state index contributed by atoms with van der Waals surface area (Å²) in [4.78, 5) is 11.5. The normalized spacial score (nSPS) is 10.1. The van der Waals surface area contributed by atoms with Crippen LogP contribution in [0, 0.1) is 6.07 Å². The number of ketones is 1. The van der Waals surface area contributed by atoms with E-state index in [1.165, 1.54) is 0 Å². The van der Waals surface area contributed by atoms with Crippen molar-refractivity contribution in [3.05, 3.63) is 59.1 Å². The smallest absolute Gasteiger partial charge is 0.160 e. The van der Waals surface area contributed by atoms with Gasteiger partial charge in [-0.3, -0.25) is 4.79 Å². The van der Waals surface area contributed by atoms with Crippen LogP contribution < -0.4 is 0 Å². The minimum Gasteiger partial charge on any atom is -0.294 e. The van der Waals surface area contributed by atoms with Crippen LogP contribution in [-0.4, -0.2) is 5.78 Å². The molecule has 0 aromatic heterocycles. The molecule has 0 saturated carbocycles. The first-order valence-corrected chi connectivity index (χ1v) is 5.34. The van der Waals surface area contributed by atoms with Crippen LogP contribution in [0.3, 0.4) is 0 Å². The molecule has 0 aliphatic heterocycles. The zero-order valence-corrected chi connectivity index (χ0v) is 9.58. The van der Waals surface area contributed by atoms with Crippen molar-refractivity contribution < 1.29 is 4.79 Å². The minimum atomic E-state index is 0.0546. The summed E-state index contributed by atoms with van der Waals surface area (Å²) < 4.78 is 0. The van der Waals surface area contributed by atoms with E-state index in [9.17, 15) is 4.79 Å². The third-order valence-electron chi connectivity index (χ3n) is 2.37. The Morgan fingerprint density at radius 3 is 2.56 bits per heavy atom. The van der Waals surface area contributed by atoms with Gasteiger partial charge in [0, 0.05) is 10.6 Å². The van der Waals surface area contributed by atoms with E-state index in [4.69, 9.17) is 11.6 Å². The number of carbonyl (C=O) groups is 1. The Hall–Kier alpha value is -1.60. The fraction of sp³-hybridized carbons (Fsp3) is 0.0714. The third-order valence-corrected chi connectivity index (χ3v) is 2.61.